The number of nitrogens with two attached hydrogens (primary N) is 1. The number of likely N-dealkylation sites (N-methyl/N-ethyl adjacent to an activating group) is 1. The Labute approximate surface area is 268 Å². The first-order valence-electron chi connectivity index (χ1n) is 15.1. The highest BCUT2D eigenvalue weighted by Gasteiger charge is 2.69. The zero-order chi connectivity index (χ0) is 34.0. The molecule has 12 heteroatoms. The van der Waals surface area contributed by atoms with Crippen LogP contribution in [0.5, 0.6) is 5.75 Å². The minimum atomic E-state index is -4.55. The number of halogens is 3. The van der Waals surface area contributed by atoms with Gasteiger partial charge in [0.15, 0.2) is 23.0 Å². The molecule has 0 saturated heterocycles. The van der Waals surface area contributed by atoms with Crippen LogP contribution < -0.4 is 5.73 Å². The standard InChI is InChI=1S/C35H33F3N2O7/c1-40(2)28-23-15-19-14-22-21(18-8-10-20(11-9-18)35(36,37)38)12-13-24(41)26(22)29(42)25(19)31(43)34(23,46)32(44)27(33(39)45)30(28)47-16-17-6-4-3-5-7-17/h3-13,19,23,25,27-28,30,41,46H,14-16H2,1-2H3,(H2,39,45)/t19-,23-,25?,27?,28-,30?,34-/m1/s1. The Morgan fingerprint density at radius 2 is 1.66 bits per heavy atom. The smallest absolute Gasteiger partial charge is 0.416 e. The normalized spacial score (nSPS) is 28.9. The number of ketones is 3. The number of carbonyl (C=O) groups is 4. The Bertz CT molecular complexity index is 1760. The summed E-state index contributed by atoms with van der Waals surface area (Å²) in [4.78, 5) is 56.8. The number of amides is 1. The summed E-state index contributed by atoms with van der Waals surface area (Å²) in [5, 5.41) is 22.9. The number of phenols is 1. The second-order valence-corrected chi connectivity index (χ2v) is 12.8. The number of hydrogen-bond donors (Lipinski definition) is 3. The van der Waals surface area contributed by atoms with Gasteiger partial charge in [-0.25, -0.2) is 0 Å². The van der Waals surface area contributed by atoms with Gasteiger partial charge in [0, 0.05) is 12.0 Å². The van der Waals surface area contributed by atoms with E-state index >= 15 is 0 Å². The number of phenolic OH excluding ortho intramolecular Hbond substituents is 1. The summed E-state index contributed by atoms with van der Waals surface area (Å²) < 4.78 is 45.9. The first kappa shape index (κ1) is 32.5. The molecular formula is C35H33F3N2O7. The zero-order valence-electron chi connectivity index (χ0n) is 25.5. The molecule has 3 aliphatic rings. The van der Waals surface area contributed by atoms with Gasteiger partial charge in [0.2, 0.25) is 5.91 Å². The van der Waals surface area contributed by atoms with Gasteiger partial charge in [-0.1, -0.05) is 48.5 Å². The van der Waals surface area contributed by atoms with Crippen molar-refractivity contribution in [3.05, 3.63) is 89.0 Å². The van der Waals surface area contributed by atoms with E-state index in [0.29, 0.717) is 16.7 Å². The minimum Gasteiger partial charge on any atom is -0.507 e. The van der Waals surface area contributed by atoms with E-state index in [1.165, 1.54) is 24.3 Å². The molecular weight excluding hydrogens is 617 g/mol. The Kier molecular flexibility index (Phi) is 8.10. The summed E-state index contributed by atoms with van der Waals surface area (Å²) >= 11 is 0. The van der Waals surface area contributed by atoms with Crippen molar-refractivity contribution in [3.63, 3.8) is 0 Å². The van der Waals surface area contributed by atoms with Crippen LogP contribution in [-0.2, 0) is 38.3 Å². The molecule has 2 fully saturated rings. The van der Waals surface area contributed by atoms with E-state index in [1.54, 1.807) is 43.3 Å². The number of rotatable bonds is 6. The maximum atomic E-state index is 14.3. The average molecular weight is 651 g/mol. The predicted octanol–water partition coefficient (Wildman–Crippen LogP) is 3.57. The molecule has 0 radical (unpaired) electrons. The molecule has 1 amide bonds. The number of primary amides is 1. The molecule has 3 aromatic carbocycles. The largest absolute Gasteiger partial charge is 0.507 e. The van der Waals surface area contributed by atoms with Crippen molar-refractivity contribution in [3.8, 4) is 16.9 Å². The molecule has 0 spiro atoms. The Morgan fingerprint density at radius 3 is 2.26 bits per heavy atom. The molecule has 246 valence electrons. The van der Waals surface area contributed by atoms with Gasteiger partial charge in [0.1, 0.15) is 11.7 Å². The van der Waals surface area contributed by atoms with E-state index in [4.69, 9.17) is 10.5 Å². The number of alkyl halides is 3. The van der Waals surface area contributed by atoms with E-state index < -0.39 is 82.2 Å². The summed E-state index contributed by atoms with van der Waals surface area (Å²) in [5.41, 5.74) is 3.82. The number of Topliss-reactive ketones (excluding diaryl/α,β-unsaturated/α-hetero) is 3. The Hall–Kier alpha value is -4.39. The lowest BCUT2D eigenvalue weighted by Gasteiger charge is -2.55. The minimum absolute atomic E-state index is 0.00847. The molecule has 0 aromatic heterocycles. The number of benzene rings is 3. The first-order chi connectivity index (χ1) is 22.2. The third-order valence-corrected chi connectivity index (χ3v) is 9.96. The van der Waals surface area contributed by atoms with E-state index in [2.05, 4.69) is 0 Å². The first-order valence-corrected chi connectivity index (χ1v) is 15.1. The van der Waals surface area contributed by atoms with Crippen LogP contribution in [0.2, 0.25) is 0 Å². The van der Waals surface area contributed by atoms with Crippen molar-refractivity contribution in [2.75, 3.05) is 14.1 Å². The summed E-state index contributed by atoms with van der Waals surface area (Å²) in [7, 11) is 3.33. The maximum Gasteiger partial charge on any atom is 0.416 e. The second-order valence-electron chi connectivity index (χ2n) is 12.8. The van der Waals surface area contributed by atoms with Gasteiger partial charge < -0.3 is 25.6 Å². The van der Waals surface area contributed by atoms with E-state index in [-0.39, 0.29) is 25.0 Å². The van der Waals surface area contributed by atoms with Gasteiger partial charge >= 0.3 is 6.18 Å². The number of nitrogens with zero attached hydrogens (tertiary/aromatic N) is 1. The highest BCUT2D eigenvalue weighted by molar-refractivity contribution is 6.25. The number of aliphatic hydroxyl groups is 1. The van der Waals surface area contributed by atoms with Crippen molar-refractivity contribution in [2.24, 2.45) is 29.4 Å². The van der Waals surface area contributed by atoms with E-state index in [9.17, 15) is 42.6 Å². The number of carbonyl (C=O) groups excluding carboxylic acids is 4. The van der Waals surface area contributed by atoms with Crippen LogP contribution in [0.1, 0.15) is 33.5 Å². The number of hydrogen-bond acceptors (Lipinski definition) is 8. The van der Waals surface area contributed by atoms with E-state index in [1.807, 2.05) is 6.07 Å². The third kappa shape index (κ3) is 5.24. The zero-order valence-corrected chi connectivity index (χ0v) is 25.5. The quantitative estimate of drug-likeness (QED) is 0.343. The van der Waals surface area contributed by atoms with Gasteiger partial charge in [0.05, 0.1) is 29.8 Å². The fraction of sp³-hybridized carbons (Fsp3) is 0.371. The van der Waals surface area contributed by atoms with Crippen LogP contribution in [0.25, 0.3) is 11.1 Å². The molecule has 3 unspecified atom stereocenters. The summed E-state index contributed by atoms with van der Waals surface area (Å²) in [6.45, 7) is 0.0136. The number of ether oxygens (including phenoxy) is 1. The summed E-state index contributed by atoms with van der Waals surface area (Å²) in [5.74, 6) is -9.58. The Morgan fingerprint density at radius 1 is 1.00 bits per heavy atom. The highest BCUT2D eigenvalue weighted by atomic mass is 19.4. The lowest BCUT2D eigenvalue weighted by molar-refractivity contribution is -0.196. The van der Waals surface area contributed by atoms with Gasteiger partial charge in [-0.3, -0.25) is 19.2 Å². The van der Waals surface area contributed by atoms with Crippen molar-refractivity contribution in [1.82, 2.24) is 4.90 Å². The molecule has 0 heterocycles. The second kappa shape index (κ2) is 11.7. The van der Waals surface area contributed by atoms with Crippen molar-refractivity contribution >= 4 is 23.3 Å². The lowest BCUT2D eigenvalue weighted by atomic mass is 9.52. The fourth-order valence-electron chi connectivity index (χ4n) is 7.86. The summed E-state index contributed by atoms with van der Waals surface area (Å²) in [6, 6.07) is 15.3. The fourth-order valence-corrected chi connectivity index (χ4v) is 7.86. The average Bonchev–Trinajstić information content (AvgIpc) is 3.01. The molecule has 9 nitrogen and oxygen atoms in total. The molecule has 0 aliphatic heterocycles. The molecule has 2 saturated carbocycles. The van der Waals surface area contributed by atoms with Crippen LogP contribution in [0.15, 0.2) is 66.7 Å². The predicted molar refractivity (Wildman–Crippen MR) is 162 cm³/mol. The van der Waals surface area contributed by atoms with E-state index in [0.717, 1.165) is 17.7 Å². The molecule has 3 aromatic rings. The van der Waals surface area contributed by atoms with Crippen molar-refractivity contribution in [2.45, 2.75) is 43.4 Å². The molecule has 6 rings (SSSR count). The van der Waals surface area contributed by atoms with Crippen molar-refractivity contribution in [1.29, 1.82) is 0 Å². The molecule has 4 N–H and O–H groups in total. The van der Waals surface area contributed by atoms with Crippen LogP contribution in [0, 0.1) is 23.7 Å². The monoisotopic (exact) mass is 650 g/mol. The third-order valence-electron chi connectivity index (χ3n) is 9.96. The Balaban J connectivity index is 1.42. The van der Waals surface area contributed by atoms with Gasteiger partial charge in [-0.15, -0.1) is 0 Å². The molecule has 3 aliphatic carbocycles. The van der Waals surface area contributed by atoms with Gasteiger partial charge in [-0.05, 0) is 73.3 Å². The van der Waals surface area contributed by atoms with Crippen LogP contribution in [-0.4, -0.2) is 70.2 Å². The van der Waals surface area contributed by atoms with Crippen LogP contribution in [0.4, 0.5) is 13.2 Å². The van der Waals surface area contributed by atoms with Crippen molar-refractivity contribution < 1.29 is 47.3 Å². The lowest BCUT2D eigenvalue weighted by Crippen LogP contribution is -2.75. The maximum absolute atomic E-state index is 14.3. The number of aromatic hydroxyl groups is 1. The molecule has 7 atom stereocenters. The molecule has 47 heavy (non-hydrogen) atoms. The molecule has 0 bridgehead atoms. The van der Waals surface area contributed by atoms with Crippen LogP contribution >= 0.6 is 0 Å². The SMILES string of the molecule is CN(C)[C@H]1C(OCc2ccccc2)C(C(N)=O)C(=O)[C@]2(O)C(=O)C3C(=O)c4c(O)ccc(-c5ccc(C(F)(F)F)cc5)c4C[C@@H]3C[C@H]12. The van der Waals surface area contributed by atoms with Crippen LogP contribution in [0.3, 0.4) is 0 Å². The highest BCUT2D eigenvalue weighted by Crippen LogP contribution is 2.53. The number of fused-ring (bicyclic) bond motifs is 3. The van der Waals surface area contributed by atoms with Gasteiger partial charge in [0.25, 0.3) is 0 Å². The topological polar surface area (TPSA) is 147 Å². The summed E-state index contributed by atoms with van der Waals surface area (Å²) in [6.07, 6.45) is -5.64. The van der Waals surface area contributed by atoms with Gasteiger partial charge in [-0.2, -0.15) is 13.2 Å².